The smallest absolute Gasteiger partial charge is 0.335 e. The van der Waals surface area contributed by atoms with Gasteiger partial charge in [0.05, 0.1) is 6.61 Å². The Morgan fingerprint density at radius 1 is 1.40 bits per heavy atom. The first-order chi connectivity index (χ1) is 8.97. The third-order valence-electron chi connectivity index (χ3n) is 2.41. The predicted octanol–water partition coefficient (Wildman–Crippen LogP) is -5.12. The van der Waals surface area contributed by atoms with Gasteiger partial charge in [0.2, 0.25) is 12.1 Å². The van der Waals surface area contributed by atoms with Crippen molar-refractivity contribution in [3.8, 4) is 0 Å². The van der Waals surface area contributed by atoms with E-state index in [-0.39, 0.29) is 0 Å². The number of aliphatic hydroxyl groups is 4. The summed E-state index contributed by atoms with van der Waals surface area (Å²) >= 11 is 0. The number of ether oxygens (including phenoxy) is 1. The molecule has 12 nitrogen and oxygen atoms in total. The van der Waals surface area contributed by atoms with Crippen LogP contribution in [0.3, 0.4) is 0 Å². The van der Waals surface area contributed by atoms with E-state index < -0.39 is 58.3 Å². The molecule has 0 aromatic rings. The van der Waals surface area contributed by atoms with Gasteiger partial charge in [-0.3, -0.25) is 4.18 Å². The van der Waals surface area contributed by atoms with E-state index in [1.807, 2.05) is 0 Å². The highest BCUT2D eigenvalue weighted by molar-refractivity contribution is 7.84. The highest BCUT2D eigenvalue weighted by Crippen LogP contribution is 2.29. The first-order valence-corrected chi connectivity index (χ1v) is 7.46. The lowest BCUT2D eigenvalue weighted by atomic mass is 9.96. The maximum absolute atomic E-state index is 10.6. The van der Waals surface area contributed by atoms with Gasteiger partial charge in [-0.05, 0) is 0 Å². The Balaban J connectivity index is 2.88. The second-order valence-corrected chi connectivity index (χ2v) is 5.64. The molecule has 0 saturated carbocycles. The summed E-state index contributed by atoms with van der Waals surface area (Å²) in [6, 6.07) is 0. The average Bonchev–Trinajstić information content (AvgIpc) is 2.27. The van der Waals surface area contributed by atoms with Crippen molar-refractivity contribution in [2.24, 2.45) is 5.14 Å². The van der Waals surface area contributed by atoms with Crippen molar-refractivity contribution in [1.29, 1.82) is 0 Å². The molecule has 0 amide bonds. The van der Waals surface area contributed by atoms with E-state index in [9.17, 15) is 37.3 Å². The maximum atomic E-state index is 10.6. The molecule has 1 aliphatic rings. The van der Waals surface area contributed by atoms with E-state index in [0.29, 0.717) is 0 Å². The molecule has 14 heteroatoms. The van der Waals surface area contributed by atoms with Gasteiger partial charge < -0.3 is 25.2 Å². The van der Waals surface area contributed by atoms with Gasteiger partial charge in [0.25, 0.3) is 11.0 Å². The summed E-state index contributed by atoms with van der Waals surface area (Å²) in [6.07, 6.45) is -8.58. The summed E-state index contributed by atoms with van der Waals surface area (Å²) in [5.74, 6) is -3.06. The minimum absolute atomic E-state index is 0.789. The van der Waals surface area contributed by atoms with Crippen molar-refractivity contribution in [3.05, 3.63) is 0 Å². The molecule has 0 radical (unpaired) electrons. The Bertz CT molecular complexity index is 509. The van der Waals surface area contributed by atoms with Crippen molar-refractivity contribution >= 4 is 21.3 Å². The van der Waals surface area contributed by atoms with Crippen LogP contribution in [-0.2, 0) is 34.4 Å². The largest absolute Gasteiger partial charge is 0.387 e. The molecule has 0 spiro atoms. The molecule has 1 rings (SSSR count). The highest BCUT2D eigenvalue weighted by atomic mass is 32.2. The normalized spacial score (nSPS) is 37.0. The number of hydrogen-bond donors (Lipinski definition) is 6. The summed E-state index contributed by atoms with van der Waals surface area (Å²) in [5, 5.41) is 42.7. The summed E-state index contributed by atoms with van der Waals surface area (Å²) < 4.78 is 54.4. The summed E-state index contributed by atoms with van der Waals surface area (Å²) in [5.41, 5.74) is 0. The standard InChI is InChI=1S/C6H13NO11S2/c7-20(14,15)18-5(10)6(11)4(9)3(8)2(1-16-6)17-19(12)13/h2-5,8-11,19H,1H2,(H2,7,14,15)/t2-,3-,4+,5?,6+/m0/s1. The van der Waals surface area contributed by atoms with Gasteiger partial charge in [0.1, 0.15) is 18.3 Å². The molecule has 1 saturated heterocycles. The molecule has 5 atom stereocenters. The fraction of sp³-hybridized carbons (Fsp3) is 1.00. The molecule has 1 unspecified atom stereocenters. The van der Waals surface area contributed by atoms with E-state index in [4.69, 9.17) is 0 Å². The predicted molar refractivity (Wildman–Crippen MR) is 58.3 cm³/mol. The topological polar surface area (TPSA) is 203 Å². The molecule has 120 valence electrons. The van der Waals surface area contributed by atoms with E-state index in [1.165, 1.54) is 0 Å². The Kier molecular flexibility index (Phi) is 5.41. The highest BCUT2D eigenvalue weighted by Gasteiger charge is 2.55. The minimum Gasteiger partial charge on any atom is -0.387 e. The summed E-state index contributed by atoms with van der Waals surface area (Å²) in [4.78, 5) is 0. The molecule has 0 aliphatic carbocycles. The first-order valence-electron chi connectivity index (χ1n) is 4.90. The van der Waals surface area contributed by atoms with Gasteiger partial charge in [-0.25, -0.2) is 17.7 Å². The van der Waals surface area contributed by atoms with Crippen LogP contribution in [0.2, 0.25) is 0 Å². The molecule has 0 aromatic carbocycles. The van der Waals surface area contributed by atoms with Crippen LogP contribution in [0.25, 0.3) is 0 Å². The Morgan fingerprint density at radius 2 is 1.95 bits per heavy atom. The van der Waals surface area contributed by atoms with Crippen LogP contribution in [0.1, 0.15) is 0 Å². The maximum Gasteiger partial charge on any atom is 0.335 e. The average molecular weight is 339 g/mol. The third-order valence-corrected chi connectivity index (χ3v) is 3.30. The van der Waals surface area contributed by atoms with Crippen LogP contribution >= 0.6 is 0 Å². The van der Waals surface area contributed by atoms with E-state index >= 15 is 0 Å². The molecule has 20 heavy (non-hydrogen) atoms. The van der Waals surface area contributed by atoms with Gasteiger partial charge in [-0.15, -0.1) is 0 Å². The summed E-state index contributed by atoms with van der Waals surface area (Å²) in [7, 11) is -8.07. The molecule has 1 fully saturated rings. The molecular weight excluding hydrogens is 326 g/mol. The Morgan fingerprint density at radius 3 is 2.40 bits per heavy atom. The van der Waals surface area contributed by atoms with Crippen molar-refractivity contribution in [1.82, 2.24) is 0 Å². The Labute approximate surface area is 114 Å². The number of thiol groups is 1. The molecule has 6 N–H and O–H groups in total. The second-order valence-electron chi connectivity index (χ2n) is 3.81. The number of rotatable bonds is 5. The fourth-order valence-electron chi connectivity index (χ4n) is 1.46. The lowest BCUT2D eigenvalue weighted by Gasteiger charge is -2.43. The van der Waals surface area contributed by atoms with Gasteiger partial charge in [0, 0.05) is 0 Å². The van der Waals surface area contributed by atoms with Crippen molar-refractivity contribution in [2.75, 3.05) is 6.61 Å². The lowest BCUT2D eigenvalue weighted by molar-refractivity contribution is -0.376. The molecule has 0 bridgehead atoms. The molecule has 0 aromatic heterocycles. The van der Waals surface area contributed by atoms with E-state index in [0.717, 1.165) is 0 Å². The Hall–Kier alpha value is -0.420. The van der Waals surface area contributed by atoms with Crippen molar-refractivity contribution < 1.29 is 50.4 Å². The second kappa shape index (κ2) is 6.14. The molecule has 1 heterocycles. The quantitative estimate of drug-likeness (QED) is 0.206. The zero-order chi connectivity index (χ0) is 15.7. The number of hydrogen-bond acceptors (Lipinski definition) is 11. The lowest BCUT2D eigenvalue weighted by Crippen LogP contribution is -2.66. The van der Waals surface area contributed by atoms with Crippen molar-refractivity contribution in [3.63, 3.8) is 0 Å². The third kappa shape index (κ3) is 4.04. The van der Waals surface area contributed by atoms with Crippen LogP contribution in [0, 0.1) is 0 Å². The van der Waals surface area contributed by atoms with Crippen LogP contribution < -0.4 is 5.14 Å². The summed E-state index contributed by atoms with van der Waals surface area (Å²) in [6.45, 7) is -0.789. The van der Waals surface area contributed by atoms with E-state index in [1.54, 1.807) is 0 Å². The van der Waals surface area contributed by atoms with Gasteiger partial charge in [0.15, 0.2) is 0 Å². The fourth-order valence-corrected chi connectivity index (χ4v) is 2.26. The van der Waals surface area contributed by atoms with Gasteiger partial charge in [-0.2, -0.15) is 8.42 Å². The first kappa shape index (κ1) is 17.6. The van der Waals surface area contributed by atoms with E-state index in [2.05, 4.69) is 18.2 Å². The monoisotopic (exact) mass is 339 g/mol. The zero-order valence-corrected chi connectivity index (χ0v) is 11.3. The van der Waals surface area contributed by atoms with Crippen molar-refractivity contribution in [2.45, 2.75) is 30.4 Å². The van der Waals surface area contributed by atoms with Crippen LogP contribution in [0.4, 0.5) is 0 Å². The SMILES string of the molecule is NS(=O)(=O)OC(O)[C@]1(O)OC[C@H](O[SH](=O)=O)[C@H](O)[C@H]1O. The van der Waals surface area contributed by atoms with Gasteiger partial charge in [-0.1, -0.05) is 0 Å². The molecule has 1 aliphatic heterocycles. The van der Waals surface area contributed by atoms with Gasteiger partial charge >= 0.3 is 10.3 Å². The zero-order valence-electron chi connectivity index (χ0n) is 9.60. The molecular formula is C6H13NO11S2. The minimum atomic E-state index is -4.70. The van der Waals surface area contributed by atoms with Crippen LogP contribution in [0.15, 0.2) is 0 Å². The van der Waals surface area contributed by atoms with Crippen LogP contribution in [0.5, 0.6) is 0 Å². The number of aliphatic hydroxyl groups excluding tert-OH is 3. The number of nitrogens with two attached hydrogens (primary N) is 1. The van der Waals surface area contributed by atoms with Crippen LogP contribution in [-0.4, -0.2) is 74.3 Å².